The van der Waals surface area contributed by atoms with Gasteiger partial charge in [0.1, 0.15) is 23.5 Å². The SMILES string of the molecule is COc1cccc2c1cc(C(N)=O)n2C(CC1CC1)C(=O)N[C@@H](C[C@@H]1CCCNC1=O)C(N)=O. The molecule has 1 aromatic heterocycles. The van der Waals surface area contributed by atoms with Crippen molar-refractivity contribution in [1.82, 2.24) is 15.2 Å². The number of fused-ring (bicyclic) bond motifs is 1. The highest BCUT2D eigenvalue weighted by molar-refractivity contribution is 6.01. The van der Waals surface area contributed by atoms with Crippen LogP contribution in [0.15, 0.2) is 24.3 Å². The van der Waals surface area contributed by atoms with E-state index in [1.165, 1.54) is 7.11 Å². The molecule has 1 saturated carbocycles. The largest absolute Gasteiger partial charge is 0.496 e. The van der Waals surface area contributed by atoms with Crippen LogP contribution in [-0.2, 0) is 14.4 Å². The summed E-state index contributed by atoms with van der Waals surface area (Å²) in [6.45, 7) is 0.604. The number of hydrogen-bond acceptors (Lipinski definition) is 5. The maximum atomic E-state index is 13.6. The van der Waals surface area contributed by atoms with Crippen molar-refractivity contribution < 1.29 is 23.9 Å². The molecule has 4 amide bonds. The number of rotatable bonds is 10. The lowest BCUT2D eigenvalue weighted by Crippen LogP contribution is -2.50. The maximum absolute atomic E-state index is 13.6. The molecule has 3 atom stereocenters. The number of benzene rings is 1. The first-order chi connectivity index (χ1) is 16.3. The van der Waals surface area contributed by atoms with Gasteiger partial charge in [-0.2, -0.15) is 0 Å². The summed E-state index contributed by atoms with van der Waals surface area (Å²) in [5.41, 5.74) is 12.1. The van der Waals surface area contributed by atoms with Gasteiger partial charge in [0.15, 0.2) is 0 Å². The lowest BCUT2D eigenvalue weighted by Gasteiger charge is -2.27. The van der Waals surface area contributed by atoms with Crippen LogP contribution in [0.3, 0.4) is 0 Å². The van der Waals surface area contributed by atoms with E-state index in [4.69, 9.17) is 16.2 Å². The molecule has 0 radical (unpaired) electrons. The minimum atomic E-state index is -1.00. The molecule has 1 aliphatic carbocycles. The molecule has 0 bridgehead atoms. The predicted octanol–water partition coefficient (Wildman–Crippen LogP) is 0.976. The minimum absolute atomic E-state index is 0.131. The van der Waals surface area contributed by atoms with E-state index in [9.17, 15) is 19.2 Å². The second-order valence-corrected chi connectivity index (χ2v) is 9.18. The van der Waals surface area contributed by atoms with Crippen LogP contribution in [0.25, 0.3) is 10.9 Å². The van der Waals surface area contributed by atoms with Gasteiger partial charge in [-0.1, -0.05) is 18.9 Å². The Labute approximate surface area is 197 Å². The van der Waals surface area contributed by atoms with Crippen LogP contribution in [0.1, 0.15) is 55.1 Å². The van der Waals surface area contributed by atoms with Gasteiger partial charge >= 0.3 is 0 Å². The van der Waals surface area contributed by atoms with E-state index in [1.54, 1.807) is 28.8 Å². The maximum Gasteiger partial charge on any atom is 0.265 e. The quantitative estimate of drug-likeness (QED) is 0.408. The molecule has 1 unspecified atom stereocenters. The van der Waals surface area contributed by atoms with Crippen molar-refractivity contribution in [2.24, 2.45) is 23.3 Å². The molecule has 4 rings (SSSR count). The second kappa shape index (κ2) is 9.74. The fourth-order valence-corrected chi connectivity index (χ4v) is 4.79. The molecule has 2 fully saturated rings. The van der Waals surface area contributed by atoms with Crippen LogP contribution in [0.4, 0.5) is 0 Å². The van der Waals surface area contributed by atoms with Gasteiger partial charge in [-0.25, -0.2) is 0 Å². The molecule has 0 spiro atoms. The average molecular weight is 470 g/mol. The van der Waals surface area contributed by atoms with Crippen molar-refractivity contribution >= 4 is 34.5 Å². The number of amides is 4. The third-order valence-electron chi connectivity index (χ3n) is 6.76. The fourth-order valence-electron chi connectivity index (χ4n) is 4.79. The second-order valence-electron chi connectivity index (χ2n) is 9.18. The van der Waals surface area contributed by atoms with Crippen LogP contribution in [0.5, 0.6) is 5.75 Å². The van der Waals surface area contributed by atoms with E-state index in [0.29, 0.717) is 42.0 Å². The fraction of sp³-hybridized carbons (Fsp3) is 0.500. The van der Waals surface area contributed by atoms with E-state index in [1.807, 2.05) is 0 Å². The number of carbonyl (C=O) groups is 4. The Bertz CT molecular complexity index is 1120. The Morgan fingerprint density at radius 3 is 2.59 bits per heavy atom. The summed E-state index contributed by atoms with van der Waals surface area (Å²) < 4.78 is 7.07. The van der Waals surface area contributed by atoms with Crippen LogP contribution >= 0.6 is 0 Å². The number of carbonyl (C=O) groups excluding carboxylic acids is 4. The topological polar surface area (TPSA) is 159 Å². The number of nitrogens with one attached hydrogen (secondary N) is 2. The molecular weight excluding hydrogens is 438 g/mol. The first-order valence-electron chi connectivity index (χ1n) is 11.6. The molecule has 182 valence electrons. The first kappa shape index (κ1) is 23.6. The summed E-state index contributed by atoms with van der Waals surface area (Å²) in [7, 11) is 1.53. The number of nitrogens with two attached hydrogens (primary N) is 2. The Morgan fingerprint density at radius 1 is 1.21 bits per heavy atom. The molecule has 2 heterocycles. The van der Waals surface area contributed by atoms with Crippen LogP contribution < -0.4 is 26.8 Å². The van der Waals surface area contributed by atoms with E-state index >= 15 is 0 Å². The zero-order valence-corrected chi connectivity index (χ0v) is 19.2. The zero-order valence-electron chi connectivity index (χ0n) is 19.2. The third kappa shape index (κ3) is 4.85. The highest BCUT2D eigenvalue weighted by Crippen LogP contribution is 2.40. The molecule has 2 aromatic rings. The molecule has 2 aliphatic rings. The Kier molecular flexibility index (Phi) is 6.76. The van der Waals surface area contributed by atoms with E-state index in [-0.39, 0.29) is 18.0 Å². The van der Waals surface area contributed by atoms with E-state index < -0.39 is 35.7 Å². The van der Waals surface area contributed by atoms with Crippen molar-refractivity contribution in [1.29, 1.82) is 0 Å². The summed E-state index contributed by atoms with van der Waals surface area (Å²) >= 11 is 0. The predicted molar refractivity (Wildman–Crippen MR) is 125 cm³/mol. The Hall–Kier alpha value is -3.56. The monoisotopic (exact) mass is 469 g/mol. The average Bonchev–Trinajstić information content (AvgIpc) is 3.55. The molecule has 1 aromatic carbocycles. The number of ether oxygens (including phenoxy) is 1. The lowest BCUT2D eigenvalue weighted by molar-refractivity contribution is -0.132. The first-order valence-corrected chi connectivity index (χ1v) is 11.6. The smallest absolute Gasteiger partial charge is 0.265 e. The van der Waals surface area contributed by atoms with E-state index in [2.05, 4.69) is 10.6 Å². The van der Waals surface area contributed by atoms with Gasteiger partial charge < -0.3 is 31.4 Å². The molecule has 10 heteroatoms. The number of hydrogen-bond donors (Lipinski definition) is 4. The highest BCUT2D eigenvalue weighted by atomic mass is 16.5. The summed E-state index contributed by atoms with van der Waals surface area (Å²) in [5, 5.41) is 6.22. The number of nitrogens with zero attached hydrogens (tertiary/aromatic N) is 1. The molecule has 1 saturated heterocycles. The lowest BCUT2D eigenvalue weighted by atomic mass is 9.91. The number of primary amides is 2. The zero-order chi connectivity index (χ0) is 24.4. The molecule has 34 heavy (non-hydrogen) atoms. The van der Waals surface area contributed by atoms with Crippen molar-refractivity contribution in [2.45, 2.75) is 50.6 Å². The normalized spacial score (nSPS) is 19.8. The highest BCUT2D eigenvalue weighted by Gasteiger charge is 2.36. The third-order valence-corrected chi connectivity index (χ3v) is 6.76. The van der Waals surface area contributed by atoms with Gasteiger partial charge in [-0.3, -0.25) is 19.2 Å². The molecular formula is C24H31N5O5. The van der Waals surface area contributed by atoms with Crippen molar-refractivity contribution in [2.75, 3.05) is 13.7 Å². The number of piperidine rings is 1. The van der Waals surface area contributed by atoms with Gasteiger partial charge in [0.05, 0.1) is 12.6 Å². The summed E-state index contributed by atoms with van der Waals surface area (Å²) in [4.78, 5) is 50.4. The van der Waals surface area contributed by atoms with Gasteiger partial charge in [0.25, 0.3) is 5.91 Å². The minimum Gasteiger partial charge on any atom is -0.496 e. The van der Waals surface area contributed by atoms with Gasteiger partial charge in [0, 0.05) is 17.8 Å². The van der Waals surface area contributed by atoms with Gasteiger partial charge in [-0.05, 0) is 49.8 Å². The number of aromatic nitrogens is 1. The van der Waals surface area contributed by atoms with Gasteiger partial charge in [-0.15, -0.1) is 0 Å². The van der Waals surface area contributed by atoms with Crippen molar-refractivity contribution in [3.63, 3.8) is 0 Å². The van der Waals surface area contributed by atoms with Crippen molar-refractivity contribution in [3.8, 4) is 5.75 Å². The van der Waals surface area contributed by atoms with Gasteiger partial charge in [0.2, 0.25) is 17.7 Å². The summed E-state index contributed by atoms with van der Waals surface area (Å²) in [5.74, 6) is -1.46. The molecule has 10 nitrogen and oxygen atoms in total. The standard InChI is InChI=1S/C24H31N5O5/c1-34-20-6-2-5-17-15(20)12-18(22(26)31)29(17)19(10-13-7-8-13)24(33)28-16(21(25)30)11-14-4-3-9-27-23(14)32/h2,5-6,12-14,16,19H,3-4,7-11H2,1H3,(H2,25,30)(H2,26,31)(H,27,32)(H,28,33)/t14-,16-,19?/m0/s1. The Morgan fingerprint density at radius 2 is 1.97 bits per heavy atom. The van der Waals surface area contributed by atoms with E-state index in [0.717, 1.165) is 19.3 Å². The molecule has 6 N–H and O–H groups in total. The van der Waals surface area contributed by atoms with Crippen LogP contribution in [0, 0.1) is 11.8 Å². The summed E-state index contributed by atoms with van der Waals surface area (Å²) in [6, 6.07) is 5.20. The summed E-state index contributed by atoms with van der Waals surface area (Å²) in [6.07, 6.45) is 4.03. The molecule has 1 aliphatic heterocycles. The van der Waals surface area contributed by atoms with Crippen LogP contribution in [-0.4, -0.2) is 47.9 Å². The Balaban J connectivity index is 1.68. The van der Waals surface area contributed by atoms with Crippen LogP contribution in [0.2, 0.25) is 0 Å². The number of methoxy groups -OCH3 is 1. The van der Waals surface area contributed by atoms with Crippen molar-refractivity contribution in [3.05, 3.63) is 30.0 Å².